The molecule has 1 aromatic heterocycles. The summed E-state index contributed by atoms with van der Waals surface area (Å²) in [7, 11) is 0. The molecule has 0 atom stereocenters. The van der Waals surface area contributed by atoms with Crippen molar-refractivity contribution < 1.29 is 9.72 Å². The van der Waals surface area contributed by atoms with Gasteiger partial charge in [0.2, 0.25) is 5.13 Å². The predicted molar refractivity (Wildman–Crippen MR) is 102 cm³/mol. The lowest BCUT2D eigenvalue weighted by Crippen LogP contribution is -2.11. The number of nitrogens with one attached hydrogen (secondary N) is 1. The summed E-state index contributed by atoms with van der Waals surface area (Å²) in [5.41, 5.74) is 2.66. The molecule has 0 saturated heterocycles. The molecule has 0 aliphatic heterocycles. The Labute approximate surface area is 157 Å². The first-order valence-corrected chi connectivity index (χ1v) is 9.39. The van der Waals surface area contributed by atoms with Crippen LogP contribution in [0.25, 0.3) is 0 Å². The number of hydrogen-bond donors (Lipinski definition) is 1. The molecule has 3 rings (SSSR count). The number of benzene rings is 2. The molecule has 2 aromatic carbocycles. The van der Waals surface area contributed by atoms with Crippen LogP contribution in [0.2, 0.25) is 0 Å². The van der Waals surface area contributed by atoms with Crippen LogP contribution in [-0.2, 0) is 5.75 Å². The van der Waals surface area contributed by atoms with E-state index in [0.717, 1.165) is 10.1 Å². The molecule has 132 valence electrons. The number of nitro benzene ring substituents is 1. The van der Waals surface area contributed by atoms with E-state index in [0.29, 0.717) is 10.7 Å². The van der Waals surface area contributed by atoms with E-state index in [1.54, 1.807) is 11.8 Å². The second-order valence-corrected chi connectivity index (χ2v) is 7.61. The topological polar surface area (TPSA) is 98.0 Å². The number of non-ortho nitro benzene ring substituents is 1. The van der Waals surface area contributed by atoms with Gasteiger partial charge in [0.15, 0.2) is 4.34 Å². The zero-order valence-corrected chi connectivity index (χ0v) is 15.3. The minimum Gasteiger partial charge on any atom is -0.296 e. The van der Waals surface area contributed by atoms with Crippen molar-refractivity contribution in [2.75, 3.05) is 5.32 Å². The molecule has 1 amide bonds. The molecule has 7 nitrogen and oxygen atoms in total. The number of aryl methyl sites for hydroxylation is 1. The van der Waals surface area contributed by atoms with Crippen molar-refractivity contribution in [2.24, 2.45) is 0 Å². The summed E-state index contributed by atoms with van der Waals surface area (Å²) in [4.78, 5) is 22.3. The number of nitrogens with zero attached hydrogens (tertiary/aromatic N) is 3. The summed E-state index contributed by atoms with van der Waals surface area (Å²) in [5.74, 6) is 0.387. The maximum atomic E-state index is 12.2. The zero-order valence-electron chi connectivity index (χ0n) is 13.7. The Morgan fingerprint density at radius 3 is 2.69 bits per heavy atom. The summed E-state index contributed by atoms with van der Waals surface area (Å²) in [5, 5.41) is 21.7. The van der Waals surface area contributed by atoms with Crippen LogP contribution >= 0.6 is 23.1 Å². The molecule has 0 aliphatic carbocycles. The van der Waals surface area contributed by atoms with Crippen molar-refractivity contribution in [3.63, 3.8) is 0 Å². The van der Waals surface area contributed by atoms with E-state index in [-0.39, 0.29) is 11.6 Å². The summed E-state index contributed by atoms with van der Waals surface area (Å²) in [6.07, 6.45) is 0. The van der Waals surface area contributed by atoms with Crippen molar-refractivity contribution in [3.05, 3.63) is 75.3 Å². The highest BCUT2D eigenvalue weighted by atomic mass is 32.2. The predicted octanol–water partition coefficient (Wildman–Crippen LogP) is 4.30. The molecule has 0 aliphatic rings. The Balaban J connectivity index is 1.59. The maximum Gasteiger partial charge on any atom is 0.269 e. The van der Waals surface area contributed by atoms with E-state index in [2.05, 4.69) is 27.6 Å². The first kappa shape index (κ1) is 18.0. The minimum atomic E-state index is -0.510. The van der Waals surface area contributed by atoms with Crippen molar-refractivity contribution >= 4 is 39.8 Å². The van der Waals surface area contributed by atoms with Gasteiger partial charge in [-0.05, 0) is 24.6 Å². The highest BCUT2D eigenvalue weighted by molar-refractivity contribution is 8.00. The van der Waals surface area contributed by atoms with Crippen LogP contribution in [0.15, 0.2) is 52.9 Å². The number of hydrogen-bond acceptors (Lipinski definition) is 7. The third-order valence-corrected chi connectivity index (χ3v) is 5.46. The molecule has 26 heavy (non-hydrogen) atoms. The molecule has 0 saturated carbocycles. The molecule has 0 radical (unpaired) electrons. The van der Waals surface area contributed by atoms with Crippen molar-refractivity contribution in [1.29, 1.82) is 0 Å². The number of amides is 1. The lowest BCUT2D eigenvalue weighted by molar-refractivity contribution is -0.384. The van der Waals surface area contributed by atoms with E-state index < -0.39 is 4.92 Å². The normalized spacial score (nSPS) is 10.5. The summed E-state index contributed by atoms with van der Waals surface area (Å²) < 4.78 is 0.755. The van der Waals surface area contributed by atoms with Crippen molar-refractivity contribution in [3.8, 4) is 0 Å². The zero-order chi connectivity index (χ0) is 18.5. The molecule has 0 spiro atoms. The van der Waals surface area contributed by atoms with Gasteiger partial charge in [0.25, 0.3) is 11.6 Å². The van der Waals surface area contributed by atoms with Gasteiger partial charge in [-0.25, -0.2) is 0 Å². The number of rotatable bonds is 6. The van der Waals surface area contributed by atoms with Crippen molar-refractivity contribution in [1.82, 2.24) is 10.2 Å². The highest BCUT2D eigenvalue weighted by Crippen LogP contribution is 2.28. The maximum absolute atomic E-state index is 12.2. The van der Waals surface area contributed by atoms with Crippen LogP contribution in [0, 0.1) is 17.0 Å². The van der Waals surface area contributed by atoms with E-state index in [1.165, 1.54) is 46.7 Å². The Hall–Kier alpha value is -2.78. The van der Waals surface area contributed by atoms with Gasteiger partial charge in [0, 0.05) is 23.4 Å². The monoisotopic (exact) mass is 386 g/mol. The largest absolute Gasteiger partial charge is 0.296 e. The van der Waals surface area contributed by atoms with Gasteiger partial charge in [-0.1, -0.05) is 52.9 Å². The fraction of sp³-hybridized carbons (Fsp3) is 0.118. The molecular weight excluding hydrogens is 372 g/mol. The Morgan fingerprint density at radius 1 is 1.23 bits per heavy atom. The summed E-state index contributed by atoms with van der Waals surface area (Å²) in [6, 6.07) is 13.6. The number of carbonyl (C=O) groups is 1. The molecule has 0 unspecified atom stereocenters. The van der Waals surface area contributed by atoms with Gasteiger partial charge < -0.3 is 0 Å². The molecule has 1 N–H and O–H groups in total. The Kier molecular flexibility index (Phi) is 5.59. The lowest BCUT2D eigenvalue weighted by Gasteiger charge is -2.01. The summed E-state index contributed by atoms with van der Waals surface area (Å²) >= 11 is 2.84. The molecule has 0 fully saturated rings. The smallest absolute Gasteiger partial charge is 0.269 e. The number of anilines is 1. The van der Waals surface area contributed by atoms with E-state index in [4.69, 9.17) is 0 Å². The van der Waals surface area contributed by atoms with Gasteiger partial charge in [-0.2, -0.15) is 0 Å². The first-order valence-electron chi connectivity index (χ1n) is 7.59. The van der Waals surface area contributed by atoms with E-state index >= 15 is 0 Å². The van der Waals surface area contributed by atoms with Crippen LogP contribution in [0.5, 0.6) is 0 Å². The van der Waals surface area contributed by atoms with Crippen molar-refractivity contribution in [2.45, 2.75) is 17.0 Å². The van der Waals surface area contributed by atoms with E-state index in [1.807, 2.05) is 19.1 Å². The third-order valence-electron chi connectivity index (χ3n) is 3.41. The summed E-state index contributed by atoms with van der Waals surface area (Å²) in [6.45, 7) is 2.05. The third kappa shape index (κ3) is 4.64. The Bertz CT molecular complexity index is 941. The van der Waals surface area contributed by atoms with Crippen LogP contribution in [0.3, 0.4) is 0 Å². The average Bonchev–Trinajstić information content (AvgIpc) is 3.07. The van der Waals surface area contributed by atoms with Crippen LogP contribution in [-0.4, -0.2) is 21.0 Å². The Morgan fingerprint density at radius 2 is 2.00 bits per heavy atom. The molecule has 1 heterocycles. The average molecular weight is 386 g/mol. The molecule has 3 aromatic rings. The van der Waals surface area contributed by atoms with Crippen LogP contribution in [0.1, 0.15) is 21.5 Å². The van der Waals surface area contributed by atoms with Gasteiger partial charge >= 0.3 is 0 Å². The van der Waals surface area contributed by atoms with Gasteiger partial charge in [0.05, 0.1) is 4.92 Å². The van der Waals surface area contributed by atoms with Crippen LogP contribution < -0.4 is 5.32 Å². The number of thioether (sulfide) groups is 1. The molecular formula is C17H14N4O3S2. The number of aromatic nitrogens is 2. The van der Waals surface area contributed by atoms with Gasteiger partial charge in [-0.15, -0.1) is 10.2 Å². The van der Waals surface area contributed by atoms with Gasteiger partial charge in [0.1, 0.15) is 0 Å². The quantitative estimate of drug-likeness (QED) is 0.293. The second-order valence-electron chi connectivity index (χ2n) is 5.41. The fourth-order valence-corrected chi connectivity index (χ4v) is 3.86. The standard InChI is InChI=1S/C17H14N4O3S2/c1-11-3-2-4-12(9-11)10-25-17-20-19-16(26-17)18-15(22)13-5-7-14(8-6-13)21(23)24/h2-9H,10H2,1H3,(H,18,19,22). The fourth-order valence-electron chi connectivity index (χ4n) is 2.17. The van der Waals surface area contributed by atoms with Gasteiger partial charge in [-0.3, -0.25) is 20.2 Å². The number of carbonyl (C=O) groups excluding carboxylic acids is 1. The minimum absolute atomic E-state index is 0.0627. The first-order chi connectivity index (χ1) is 12.5. The lowest BCUT2D eigenvalue weighted by atomic mass is 10.2. The number of nitro groups is 1. The SMILES string of the molecule is Cc1cccc(CSc2nnc(NC(=O)c3ccc([N+](=O)[O-])cc3)s2)c1. The van der Waals surface area contributed by atoms with Crippen LogP contribution in [0.4, 0.5) is 10.8 Å². The molecule has 9 heteroatoms. The highest BCUT2D eigenvalue weighted by Gasteiger charge is 2.12. The second kappa shape index (κ2) is 8.07. The molecule has 0 bridgehead atoms. The van der Waals surface area contributed by atoms with E-state index in [9.17, 15) is 14.9 Å².